The van der Waals surface area contributed by atoms with E-state index in [0.717, 1.165) is 41.7 Å². The van der Waals surface area contributed by atoms with Gasteiger partial charge in [-0.15, -0.1) is 10.2 Å². The van der Waals surface area contributed by atoms with Crippen molar-refractivity contribution < 1.29 is 13.9 Å². The van der Waals surface area contributed by atoms with Gasteiger partial charge in [0.05, 0.1) is 18.4 Å². The van der Waals surface area contributed by atoms with E-state index in [0.29, 0.717) is 17.5 Å². The molecule has 0 N–H and O–H groups in total. The summed E-state index contributed by atoms with van der Waals surface area (Å²) in [5.41, 5.74) is 6.11. The van der Waals surface area contributed by atoms with Crippen LogP contribution in [-0.2, 0) is 11.3 Å². The number of carbonyl (C=O) groups excluding carboxylic acids is 1. The van der Waals surface area contributed by atoms with E-state index in [2.05, 4.69) is 24.0 Å². The second-order valence-electron chi connectivity index (χ2n) is 8.39. The quantitative estimate of drug-likeness (QED) is 0.351. The second kappa shape index (κ2) is 9.55. The second-order valence-corrected chi connectivity index (χ2v) is 9.33. The molecule has 4 rings (SSSR count). The van der Waals surface area contributed by atoms with Crippen molar-refractivity contribution in [2.45, 2.75) is 58.3 Å². The van der Waals surface area contributed by atoms with Crippen LogP contribution in [0.4, 0.5) is 4.39 Å². The highest BCUT2D eigenvalue weighted by molar-refractivity contribution is 7.99. The number of Topliss-reactive ketones (excluding diaryl/α,β-unsaturated/α-hetero) is 1. The van der Waals surface area contributed by atoms with Crippen LogP contribution in [0.5, 0.6) is 0 Å². The number of aryl methyl sites for hydroxylation is 1. The molecule has 3 aromatic rings. The molecule has 5 nitrogen and oxygen atoms in total. The van der Waals surface area contributed by atoms with E-state index < -0.39 is 0 Å². The van der Waals surface area contributed by atoms with E-state index in [-0.39, 0.29) is 23.5 Å². The zero-order valence-electron chi connectivity index (χ0n) is 18.9. The monoisotopic (exact) mass is 453 g/mol. The molecule has 0 saturated carbocycles. The largest absolute Gasteiger partial charge is 0.376 e. The molecular formula is C25H28FN3O2S. The number of halogens is 1. The average Bonchev–Trinajstić information content (AvgIpc) is 3.44. The van der Waals surface area contributed by atoms with Crippen molar-refractivity contribution in [1.82, 2.24) is 14.8 Å². The minimum absolute atomic E-state index is 0.0775. The molecule has 0 bridgehead atoms. The average molecular weight is 454 g/mol. The Morgan fingerprint density at radius 1 is 1.12 bits per heavy atom. The molecule has 1 atom stereocenters. The summed E-state index contributed by atoms with van der Waals surface area (Å²) in [7, 11) is 0. The van der Waals surface area contributed by atoms with Crippen molar-refractivity contribution in [2.24, 2.45) is 0 Å². The molecular weight excluding hydrogens is 425 g/mol. The Kier molecular flexibility index (Phi) is 6.76. The zero-order chi connectivity index (χ0) is 22.8. The first-order chi connectivity index (χ1) is 15.3. The van der Waals surface area contributed by atoms with Crippen molar-refractivity contribution in [3.8, 4) is 11.4 Å². The minimum Gasteiger partial charge on any atom is -0.376 e. The predicted octanol–water partition coefficient (Wildman–Crippen LogP) is 5.47. The molecule has 2 heterocycles. The first kappa shape index (κ1) is 22.7. The van der Waals surface area contributed by atoms with Crippen LogP contribution in [0.1, 0.15) is 45.5 Å². The van der Waals surface area contributed by atoms with Crippen molar-refractivity contribution in [2.75, 3.05) is 12.4 Å². The van der Waals surface area contributed by atoms with E-state index in [1.54, 1.807) is 12.1 Å². The molecule has 1 fully saturated rings. The predicted molar refractivity (Wildman–Crippen MR) is 125 cm³/mol. The number of nitrogens with zero attached hydrogens (tertiary/aromatic N) is 3. The van der Waals surface area contributed by atoms with Crippen molar-refractivity contribution >= 4 is 17.5 Å². The smallest absolute Gasteiger partial charge is 0.192 e. The van der Waals surface area contributed by atoms with Crippen LogP contribution < -0.4 is 0 Å². The van der Waals surface area contributed by atoms with Crippen molar-refractivity contribution in [1.29, 1.82) is 0 Å². The van der Waals surface area contributed by atoms with E-state index in [4.69, 9.17) is 4.74 Å². The minimum atomic E-state index is -0.293. The molecule has 1 aliphatic heterocycles. The number of hydrogen-bond donors (Lipinski definition) is 0. The summed E-state index contributed by atoms with van der Waals surface area (Å²) in [6.07, 6.45) is 2.10. The zero-order valence-corrected chi connectivity index (χ0v) is 19.8. The molecule has 1 aromatic heterocycles. The third-order valence-corrected chi connectivity index (χ3v) is 7.31. The molecule has 32 heavy (non-hydrogen) atoms. The van der Waals surface area contributed by atoms with Gasteiger partial charge < -0.3 is 4.74 Å². The fourth-order valence-corrected chi connectivity index (χ4v) is 4.91. The lowest BCUT2D eigenvalue weighted by atomic mass is 9.93. The Balaban J connectivity index is 1.59. The highest BCUT2D eigenvalue weighted by atomic mass is 32.2. The van der Waals surface area contributed by atoms with E-state index in [1.807, 2.05) is 24.5 Å². The first-order valence-electron chi connectivity index (χ1n) is 10.9. The summed E-state index contributed by atoms with van der Waals surface area (Å²) in [6.45, 7) is 9.56. The summed E-state index contributed by atoms with van der Waals surface area (Å²) in [4.78, 5) is 13.1. The Bertz CT molecular complexity index is 1140. The van der Waals surface area contributed by atoms with Gasteiger partial charge in [0, 0.05) is 17.7 Å². The number of ether oxygens (including phenoxy) is 1. The van der Waals surface area contributed by atoms with Gasteiger partial charge in [-0.1, -0.05) is 11.8 Å². The summed E-state index contributed by atoms with van der Waals surface area (Å²) >= 11 is 1.39. The molecule has 7 heteroatoms. The van der Waals surface area contributed by atoms with Gasteiger partial charge in [0.25, 0.3) is 0 Å². The van der Waals surface area contributed by atoms with Crippen LogP contribution in [0.25, 0.3) is 11.4 Å². The Morgan fingerprint density at radius 2 is 1.88 bits per heavy atom. The van der Waals surface area contributed by atoms with Crippen molar-refractivity contribution in [3.63, 3.8) is 0 Å². The number of hydrogen-bond acceptors (Lipinski definition) is 5. The fraction of sp³-hybridized carbons (Fsp3) is 0.400. The van der Waals surface area contributed by atoms with E-state index in [1.165, 1.54) is 35.0 Å². The van der Waals surface area contributed by atoms with Crippen LogP contribution >= 0.6 is 11.8 Å². The van der Waals surface area contributed by atoms with Crippen LogP contribution in [0, 0.1) is 33.5 Å². The topological polar surface area (TPSA) is 57.0 Å². The standard InChI is InChI=1S/C25H28FN3O2S/c1-15-12-22(18(4)17(3)16(15)2)23(30)14-32-25-28-27-24(19-7-9-20(26)10-8-19)29(25)13-21-6-5-11-31-21/h7-10,12,21H,5-6,11,13-14H2,1-4H3. The van der Waals surface area contributed by atoms with Crippen LogP contribution in [0.2, 0.25) is 0 Å². The molecule has 0 amide bonds. The lowest BCUT2D eigenvalue weighted by Crippen LogP contribution is -2.17. The molecule has 0 aliphatic carbocycles. The summed E-state index contributed by atoms with van der Waals surface area (Å²) in [6, 6.07) is 8.23. The normalized spacial score (nSPS) is 16.0. The molecule has 1 aliphatic rings. The molecule has 1 saturated heterocycles. The third kappa shape index (κ3) is 4.64. The maximum atomic E-state index is 13.4. The lowest BCUT2D eigenvalue weighted by Gasteiger charge is -2.15. The summed E-state index contributed by atoms with van der Waals surface area (Å²) < 4.78 is 21.2. The van der Waals surface area contributed by atoms with Gasteiger partial charge in [0.2, 0.25) is 0 Å². The van der Waals surface area contributed by atoms with Crippen LogP contribution in [0.15, 0.2) is 35.5 Å². The number of ketones is 1. The summed E-state index contributed by atoms with van der Waals surface area (Å²) in [5.74, 6) is 0.719. The maximum absolute atomic E-state index is 13.4. The van der Waals surface area contributed by atoms with Gasteiger partial charge in [0.15, 0.2) is 16.8 Å². The van der Waals surface area contributed by atoms with E-state index >= 15 is 0 Å². The highest BCUT2D eigenvalue weighted by Crippen LogP contribution is 2.28. The Morgan fingerprint density at radius 3 is 2.56 bits per heavy atom. The van der Waals surface area contributed by atoms with Gasteiger partial charge in [0.1, 0.15) is 5.82 Å². The number of benzene rings is 2. The Labute approximate surface area is 192 Å². The maximum Gasteiger partial charge on any atom is 0.192 e. The van der Waals surface area contributed by atoms with E-state index in [9.17, 15) is 9.18 Å². The highest BCUT2D eigenvalue weighted by Gasteiger charge is 2.23. The third-order valence-electron chi connectivity index (χ3n) is 6.34. The molecule has 2 aromatic carbocycles. The van der Waals surface area contributed by atoms with Gasteiger partial charge in [-0.25, -0.2) is 4.39 Å². The first-order valence-corrected chi connectivity index (χ1v) is 11.9. The number of aromatic nitrogens is 3. The van der Waals surface area contributed by atoms with Gasteiger partial charge in [-0.05, 0) is 93.1 Å². The SMILES string of the molecule is Cc1cc(C(=O)CSc2nnc(-c3ccc(F)cc3)n2CC2CCCO2)c(C)c(C)c1C. The lowest BCUT2D eigenvalue weighted by molar-refractivity contribution is 0.0953. The number of rotatable bonds is 7. The number of carbonyl (C=O) groups is 1. The van der Waals surface area contributed by atoms with Crippen LogP contribution in [0.3, 0.4) is 0 Å². The Hall–Kier alpha value is -2.51. The molecule has 168 valence electrons. The molecule has 1 unspecified atom stereocenters. The van der Waals surface area contributed by atoms with Gasteiger partial charge in [-0.3, -0.25) is 9.36 Å². The molecule has 0 spiro atoms. The van der Waals surface area contributed by atoms with Crippen LogP contribution in [-0.4, -0.2) is 39.0 Å². The summed E-state index contributed by atoms with van der Waals surface area (Å²) in [5, 5.41) is 9.41. The molecule has 0 radical (unpaired) electrons. The van der Waals surface area contributed by atoms with Crippen molar-refractivity contribution in [3.05, 3.63) is 64.0 Å². The fourth-order valence-electron chi connectivity index (χ4n) is 4.07. The number of thioether (sulfide) groups is 1. The van der Waals surface area contributed by atoms with Gasteiger partial charge >= 0.3 is 0 Å². The van der Waals surface area contributed by atoms with Gasteiger partial charge in [-0.2, -0.15) is 0 Å².